The number of fused-ring (bicyclic) bond motifs is 2. The van der Waals surface area contributed by atoms with Crippen LogP contribution in [-0.4, -0.2) is 108 Å². The molecule has 7 N–H and O–H groups in total. The van der Waals surface area contributed by atoms with Crippen molar-refractivity contribution in [1.29, 1.82) is 0 Å². The number of nitrogens with zero attached hydrogens (tertiary/aromatic N) is 1. The standard InChI is InChI=1S/C34H43N7O7S/c1-19(35)31(45)39-20(2)32(46)40-25(18-49-3)33(47)38-17-27(42)41-16-7-13-26(41)34(48)37-15-8-14-36-24-12-6-11-23-28(24)30(44)22-10-5-4-9-21(22)29(23)43/h4-6,9-12,19-20,25-26,36H,7-8,13-18,35H2,1-3H3,(H,37,48)(H,38,47)(H,39,45)(H,40,46)/t19-,20-,25-,26-/m0/s1. The molecule has 49 heavy (non-hydrogen) atoms. The van der Waals surface area contributed by atoms with Crippen LogP contribution in [0.2, 0.25) is 0 Å². The van der Waals surface area contributed by atoms with Gasteiger partial charge in [0.2, 0.25) is 29.5 Å². The Kier molecular flexibility index (Phi) is 12.9. The molecule has 5 amide bonds. The van der Waals surface area contributed by atoms with Crippen molar-refractivity contribution in [3.63, 3.8) is 0 Å². The number of hydrogen-bond donors (Lipinski definition) is 6. The van der Waals surface area contributed by atoms with Crippen LogP contribution in [0.15, 0.2) is 42.5 Å². The SMILES string of the molecule is CSC[C@H](NC(=O)[C@H](C)NC(=O)[C@H](C)N)C(=O)NCC(=O)N1CCC[C@H]1C(=O)NCCCNc1cccc2c1C(=O)c1ccccc1C2=O. The van der Waals surface area contributed by atoms with E-state index in [-0.39, 0.29) is 29.8 Å². The fourth-order valence-corrected chi connectivity index (χ4v) is 6.28. The van der Waals surface area contributed by atoms with Crippen molar-refractivity contribution in [2.75, 3.05) is 43.5 Å². The Morgan fingerprint density at radius 3 is 2.27 bits per heavy atom. The minimum atomic E-state index is -0.952. The van der Waals surface area contributed by atoms with Crippen molar-refractivity contribution in [3.05, 3.63) is 64.7 Å². The van der Waals surface area contributed by atoms with Crippen molar-refractivity contribution in [3.8, 4) is 0 Å². The summed E-state index contributed by atoms with van der Waals surface area (Å²) in [7, 11) is 0. The van der Waals surface area contributed by atoms with Crippen LogP contribution in [0.25, 0.3) is 0 Å². The lowest BCUT2D eigenvalue weighted by Gasteiger charge is -2.25. The Morgan fingerprint density at radius 1 is 0.878 bits per heavy atom. The number of benzene rings is 2. The highest BCUT2D eigenvalue weighted by atomic mass is 32.2. The number of carbonyl (C=O) groups is 7. The number of anilines is 1. The van der Waals surface area contributed by atoms with E-state index in [1.54, 1.807) is 48.7 Å². The summed E-state index contributed by atoms with van der Waals surface area (Å²) in [6.07, 6.45) is 3.39. The first-order valence-corrected chi connectivity index (χ1v) is 17.6. The summed E-state index contributed by atoms with van der Waals surface area (Å²) in [5, 5.41) is 13.7. The largest absolute Gasteiger partial charge is 0.384 e. The lowest BCUT2D eigenvalue weighted by Crippen LogP contribution is -2.56. The molecule has 1 saturated heterocycles. The van der Waals surface area contributed by atoms with E-state index in [9.17, 15) is 33.6 Å². The van der Waals surface area contributed by atoms with Crippen molar-refractivity contribution < 1.29 is 33.6 Å². The number of amides is 5. The van der Waals surface area contributed by atoms with E-state index in [1.807, 2.05) is 0 Å². The molecule has 0 aromatic heterocycles. The van der Waals surface area contributed by atoms with E-state index in [1.165, 1.54) is 30.5 Å². The van der Waals surface area contributed by atoms with E-state index >= 15 is 0 Å². The lowest BCUT2D eigenvalue weighted by atomic mass is 9.83. The van der Waals surface area contributed by atoms with Crippen molar-refractivity contribution in [1.82, 2.24) is 26.2 Å². The molecule has 1 aliphatic heterocycles. The van der Waals surface area contributed by atoms with E-state index in [2.05, 4.69) is 26.6 Å². The van der Waals surface area contributed by atoms with Gasteiger partial charge in [0, 0.05) is 47.8 Å². The molecule has 0 spiro atoms. The molecular weight excluding hydrogens is 650 g/mol. The fourth-order valence-electron chi connectivity index (χ4n) is 5.72. The Bertz CT molecular complexity index is 1610. The van der Waals surface area contributed by atoms with E-state index < -0.39 is 47.8 Å². The van der Waals surface area contributed by atoms with E-state index in [0.29, 0.717) is 66.8 Å². The fraction of sp³-hybridized carbons (Fsp3) is 0.441. The number of nitrogens with two attached hydrogens (primary N) is 1. The van der Waals surface area contributed by atoms with Crippen LogP contribution in [0.4, 0.5) is 5.69 Å². The van der Waals surface area contributed by atoms with Gasteiger partial charge in [-0.2, -0.15) is 11.8 Å². The number of ketones is 2. The Labute approximate surface area is 289 Å². The summed E-state index contributed by atoms with van der Waals surface area (Å²) in [6, 6.07) is 8.52. The average Bonchev–Trinajstić information content (AvgIpc) is 3.59. The molecule has 1 fully saturated rings. The second-order valence-electron chi connectivity index (χ2n) is 12.0. The van der Waals surface area contributed by atoms with Crippen LogP contribution >= 0.6 is 11.8 Å². The molecule has 0 bridgehead atoms. The second kappa shape index (κ2) is 17.1. The monoisotopic (exact) mass is 693 g/mol. The molecule has 2 aromatic carbocycles. The maximum absolute atomic E-state index is 13.2. The zero-order valence-corrected chi connectivity index (χ0v) is 28.6. The summed E-state index contributed by atoms with van der Waals surface area (Å²) in [5.41, 5.74) is 7.53. The van der Waals surface area contributed by atoms with Crippen LogP contribution in [0.3, 0.4) is 0 Å². The summed E-state index contributed by atoms with van der Waals surface area (Å²) in [5.74, 6) is -2.55. The van der Waals surface area contributed by atoms with Gasteiger partial charge in [-0.3, -0.25) is 33.6 Å². The van der Waals surface area contributed by atoms with Crippen molar-refractivity contribution in [2.45, 2.75) is 57.3 Å². The summed E-state index contributed by atoms with van der Waals surface area (Å²) in [6.45, 7) is 3.71. The number of rotatable bonds is 15. The zero-order chi connectivity index (χ0) is 35.7. The third kappa shape index (κ3) is 9.03. The molecule has 0 unspecified atom stereocenters. The number of nitrogens with one attached hydrogen (secondary N) is 5. The third-order valence-electron chi connectivity index (χ3n) is 8.34. The number of likely N-dealkylation sites (tertiary alicyclic amines) is 1. The van der Waals surface area contributed by atoms with Crippen LogP contribution < -0.4 is 32.3 Å². The smallest absolute Gasteiger partial charge is 0.243 e. The Hall–Kier alpha value is -4.76. The molecule has 4 rings (SSSR count). The average molecular weight is 694 g/mol. The summed E-state index contributed by atoms with van der Waals surface area (Å²) in [4.78, 5) is 91.0. The molecule has 0 saturated carbocycles. The van der Waals surface area contributed by atoms with Gasteiger partial charge in [-0.05, 0) is 45.4 Å². The van der Waals surface area contributed by atoms with Gasteiger partial charge in [0.05, 0.1) is 18.2 Å². The van der Waals surface area contributed by atoms with Gasteiger partial charge in [-0.25, -0.2) is 0 Å². The van der Waals surface area contributed by atoms with Crippen molar-refractivity contribution >= 4 is 58.6 Å². The van der Waals surface area contributed by atoms with Crippen molar-refractivity contribution in [2.24, 2.45) is 5.73 Å². The molecular formula is C34H43N7O7S. The number of thioether (sulfide) groups is 1. The second-order valence-corrected chi connectivity index (χ2v) is 12.9. The first kappa shape index (κ1) is 37.1. The summed E-state index contributed by atoms with van der Waals surface area (Å²) >= 11 is 1.32. The van der Waals surface area contributed by atoms with Gasteiger partial charge in [0.15, 0.2) is 11.6 Å². The molecule has 1 aliphatic carbocycles. The summed E-state index contributed by atoms with van der Waals surface area (Å²) < 4.78 is 0. The Morgan fingerprint density at radius 2 is 1.57 bits per heavy atom. The maximum atomic E-state index is 13.2. The van der Waals surface area contributed by atoms with Gasteiger partial charge in [0.1, 0.15) is 18.1 Å². The highest BCUT2D eigenvalue weighted by molar-refractivity contribution is 7.98. The molecule has 14 nitrogen and oxygen atoms in total. The number of hydrogen-bond acceptors (Lipinski definition) is 10. The third-order valence-corrected chi connectivity index (χ3v) is 9.01. The maximum Gasteiger partial charge on any atom is 0.243 e. The highest BCUT2D eigenvalue weighted by Crippen LogP contribution is 2.31. The topological polar surface area (TPSA) is 209 Å². The quantitative estimate of drug-likeness (QED) is 0.119. The van der Waals surface area contributed by atoms with Crippen LogP contribution in [0.5, 0.6) is 0 Å². The van der Waals surface area contributed by atoms with Crippen LogP contribution in [-0.2, 0) is 24.0 Å². The highest BCUT2D eigenvalue weighted by Gasteiger charge is 2.35. The minimum Gasteiger partial charge on any atom is -0.384 e. The molecule has 4 atom stereocenters. The normalized spacial score (nSPS) is 16.8. The predicted octanol–water partition coefficient (Wildman–Crippen LogP) is 0.187. The van der Waals surface area contributed by atoms with Gasteiger partial charge >= 0.3 is 0 Å². The number of carbonyl (C=O) groups excluding carboxylic acids is 7. The molecule has 2 aromatic rings. The van der Waals surface area contributed by atoms with E-state index in [0.717, 1.165) is 0 Å². The Balaban J connectivity index is 1.23. The van der Waals surface area contributed by atoms with Gasteiger partial charge in [-0.15, -0.1) is 0 Å². The van der Waals surface area contributed by atoms with Crippen LogP contribution in [0.1, 0.15) is 65.0 Å². The molecule has 262 valence electrons. The van der Waals surface area contributed by atoms with Gasteiger partial charge in [-0.1, -0.05) is 36.4 Å². The van der Waals surface area contributed by atoms with Gasteiger partial charge < -0.3 is 37.2 Å². The predicted molar refractivity (Wildman–Crippen MR) is 185 cm³/mol. The van der Waals surface area contributed by atoms with E-state index in [4.69, 9.17) is 5.73 Å². The molecule has 1 heterocycles. The molecule has 2 aliphatic rings. The molecule has 0 radical (unpaired) electrons. The minimum absolute atomic E-state index is 0.197. The molecule has 15 heteroatoms. The zero-order valence-electron chi connectivity index (χ0n) is 27.8. The first-order valence-electron chi connectivity index (χ1n) is 16.2. The van der Waals surface area contributed by atoms with Crippen LogP contribution in [0, 0.1) is 0 Å². The lowest BCUT2D eigenvalue weighted by molar-refractivity contribution is -0.139. The van der Waals surface area contributed by atoms with Gasteiger partial charge in [0.25, 0.3) is 0 Å². The first-order chi connectivity index (χ1) is 23.4.